The van der Waals surface area contributed by atoms with Gasteiger partial charge in [0, 0.05) is 34.8 Å². The van der Waals surface area contributed by atoms with E-state index in [4.69, 9.17) is 27.9 Å². The molecule has 0 radical (unpaired) electrons. The maximum absolute atomic E-state index is 15.8. The molecule has 1 amide bonds. The summed E-state index contributed by atoms with van der Waals surface area (Å²) < 4.78 is 36.2. The fourth-order valence-electron chi connectivity index (χ4n) is 6.06. The lowest BCUT2D eigenvalue weighted by atomic mass is 9.69. The van der Waals surface area contributed by atoms with Crippen LogP contribution in [0, 0.1) is 17.0 Å². The van der Waals surface area contributed by atoms with Gasteiger partial charge in [-0.15, -0.1) is 0 Å². The Morgan fingerprint density at radius 2 is 1.76 bits per heavy atom. The first-order chi connectivity index (χ1) is 19.8. The quantitative estimate of drug-likeness (QED) is 0.266. The molecule has 0 unspecified atom stereocenters. The molecular formula is C32H35Cl2F2N3O3. The Bertz CT molecular complexity index is 1460. The molecule has 1 aliphatic rings. The van der Waals surface area contributed by atoms with Gasteiger partial charge in [0.1, 0.15) is 11.6 Å². The number of halogens is 4. The van der Waals surface area contributed by atoms with Gasteiger partial charge >= 0.3 is 5.97 Å². The number of carbonyl (C=O) groups excluding carboxylic acids is 2. The molecule has 224 valence electrons. The van der Waals surface area contributed by atoms with Crippen LogP contribution >= 0.6 is 23.2 Å². The maximum Gasteiger partial charge on any atom is 0.337 e. The van der Waals surface area contributed by atoms with Crippen LogP contribution in [0.15, 0.2) is 60.7 Å². The molecule has 10 heteroatoms. The number of methoxy groups -OCH3 is 1. The highest BCUT2D eigenvalue weighted by molar-refractivity contribution is 6.31. The van der Waals surface area contributed by atoms with Crippen molar-refractivity contribution < 1.29 is 23.1 Å². The van der Waals surface area contributed by atoms with E-state index in [1.54, 1.807) is 55.6 Å². The summed E-state index contributed by atoms with van der Waals surface area (Å²) in [6, 6.07) is 15.2. The van der Waals surface area contributed by atoms with Crippen LogP contribution in [0.3, 0.4) is 0 Å². The molecule has 0 spiro atoms. The topological polar surface area (TPSA) is 70.7 Å². The molecule has 1 fully saturated rings. The number of benzene rings is 3. The molecule has 0 aromatic heterocycles. The lowest BCUT2D eigenvalue weighted by molar-refractivity contribution is -0.117. The predicted octanol–water partition coefficient (Wildman–Crippen LogP) is 7.02. The second kappa shape index (κ2) is 12.7. The number of amides is 1. The van der Waals surface area contributed by atoms with Crippen molar-refractivity contribution in [1.82, 2.24) is 10.2 Å². The zero-order valence-corrected chi connectivity index (χ0v) is 25.7. The summed E-state index contributed by atoms with van der Waals surface area (Å²) in [6.45, 7) is 6.41. The van der Waals surface area contributed by atoms with E-state index in [0.717, 1.165) is 0 Å². The number of anilines is 1. The minimum atomic E-state index is -1.14. The second-order valence-electron chi connectivity index (χ2n) is 11.8. The third-order valence-corrected chi connectivity index (χ3v) is 8.35. The molecule has 1 aliphatic heterocycles. The zero-order chi connectivity index (χ0) is 30.8. The number of likely N-dealkylation sites (tertiary alicyclic amines) is 1. The summed E-state index contributed by atoms with van der Waals surface area (Å²) in [5, 5.41) is 6.47. The lowest BCUT2D eigenvalue weighted by Crippen LogP contribution is -2.55. The van der Waals surface area contributed by atoms with Crippen LogP contribution in [0.4, 0.5) is 14.5 Å². The minimum absolute atomic E-state index is 0.0342. The van der Waals surface area contributed by atoms with Crippen LogP contribution in [-0.2, 0) is 15.1 Å². The monoisotopic (exact) mass is 617 g/mol. The Kier molecular flexibility index (Phi) is 9.62. The van der Waals surface area contributed by atoms with Crippen LogP contribution in [0.2, 0.25) is 10.0 Å². The van der Waals surface area contributed by atoms with Gasteiger partial charge in [0.05, 0.1) is 29.8 Å². The van der Waals surface area contributed by atoms with Crippen molar-refractivity contribution in [2.75, 3.05) is 32.6 Å². The molecule has 3 aromatic rings. The normalized spacial score (nSPS) is 20.9. The number of nitrogens with one attached hydrogen (secondary N) is 2. The van der Waals surface area contributed by atoms with E-state index in [-0.39, 0.29) is 34.5 Å². The summed E-state index contributed by atoms with van der Waals surface area (Å²) in [6.07, 6.45) is 0.551. The molecule has 0 saturated carbocycles. The van der Waals surface area contributed by atoms with Gasteiger partial charge in [-0.2, -0.15) is 0 Å². The molecule has 4 rings (SSSR count). The van der Waals surface area contributed by atoms with Gasteiger partial charge in [-0.25, -0.2) is 13.6 Å². The summed E-state index contributed by atoms with van der Waals surface area (Å²) in [7, 11) is 3.03. The van der Waals surface area contributed by atoms with E-state index in [9.17, 15) is 9.59 Å². The van der Waals surface area contributed by atoms with Gasteiger partial charge in [-0.05, 0) is 66.9 Å². The van der Waals surface area contributed by atoms with Gasteiger partial charge < -0.3 is 15.4 Å². The Hall–Kier alpha value is -3.04. The van der Waals surface area contributed by atoms with Crippen molar-refractivity contribution >= 4 is 40.8 Å². The molecule has 0 bridgehead atoms. The van der Waals surface area contributed by atoms with Crippen LogP contribution in [0.25, 0.3) is 0 Å². The molecule has 2 N–H and O–H groups in total. The summed E-state index contributed by atoms with van der Waals surface area (Å²) in [5.41, 5.74) is 0.128. The third-order valence-electron chi connectivity index (χ3n) is 7.82. The van der Waals surface area contributed by atoms with Crippen molar-refractivity contribution in [3.05, 3.63) is 99.0 Å². The number of rotatable bonds is 8. The van der Waals surface area contributed by atoms with E-state index in [1.165, 1.54) is 19.2 Å². The molecule has 1 saturated heterocycles. The first-order valence-electron chi connectivity index (χ1n) is 13.6. The SMILES string of the molecule is CN[C@@]1(c2ccc(Cl)cc2F)[C@@H](c2cccc(Cl)c2F)CN(CC(=O)Nc2ccc(C(=O)OC)cc2)[C@H]1CC(C)(C)C. The lowest BCUT2D eigenvalue weighted by Gasteiger charge is -2.44. The van der Waals surface area contributed by atoms with Crippen LogP contribution in [0.1, 0.15) is 54.6 Å². The van der Waals surface area contributed by atoms with E-state index >= 15 is 8.78 Å². The fraction of sp³-hybridized carbons (Fsp3) is 0.375. The van der Waals surface area contributed by atoms with Crippen molar-refractivity contribution in [2.24, 2.45) is 5.41 Å². The maximum atomic E-state index is 15.8. The minimum Gasteiger partial charge on any atom is -0.465 e. The largest absolute Gasteiger partial charge is 0.465 e. The van der Waals surface area contributed by atoms with Crippen LogP contribution in [0.5, 0.6) is 0 Å². The van der Waals surface area contributed by atoms with Crippen molar-refractivity contribution in [1.29, 1.82) is 0 Å². The molecule has 1 heterocycles. The third kappa shape index (κ3) is 6.47. The van der Waals surface area contributed by atoms with Crippen LogP contribution < -0.4 is 10.6 Å². The first-order valence-corrected chi connectivity index (χ1v) is 14.4. The van der Waals surface area contributed by atoms with Crippen molar-refractivity contribution in [2.45, 2.75) is 44.7 Å². The Balaban J connectivity index is 1.79. The summed E-state index contributed by atoms with van der Waals surface area (Å²) in [5.74, 6) is -2.51. The average Bonchev–Trinajstić information content (AvgIpc) is 3.21. The fourth-order valence-corrected chi connectivity index (χ4v) is 6.40. The Labute approximate surface area is 255 Å². The molecule has 0 aliphatic carbocycles. The van der Waals surface area contributed by atoms with E-state index in [0.29, 0.717) is 28.8 Å². The summed E-state index contributed by atoms with van der Waals surface area (Å²) in [4.78, 5) is 27.2. The Morgan fingerprint density at radius 3 is 2.36 bits per heavy atom. The van der Waals surface area contributed by atoms with Gasteiger partial charge in [-0.1, -0.05) is 62.2 Å². The highest BCUT2D eigenvalue weighted by Gasteiger charge is 2.57. The summed E-state index contributed by atoms with van der Waals surface area (Å²) >= 11 is 12.4. The Morgan fingerprint density at radius 1 is 1.07 bits per heavy atom. The smallest absolute Gasteiger partial charge is 0.337 e. The number of likely N-dealkylation sites (N-methyl/N-ethyl adjacent to an activating group) is 1. The highest BCUT2D eigenvalue weighted by Crippen LogP contribution is 2.52. The van der Waals surface area contributed by atoms with Crippen LogP contribution in [-0.4, -0.2) is 50.1 Å². The number of nitrogens with zero attached hydrogens (tertiary/aromatic N) is 1. The van der Waals surface area contributed by atoms with Gasteiger partial charge in [0.25, 0.3) is 0 Å². The highest BCUT2D eigenvalue weighted by atomic mass is 35.5. The molecule has 6 nitrogen and oxygen atoms in total. The second-order valence-corrected chi connectivity index (χ2v) is 12.6. The number of hydrogen-bond acceptors (Lipinski definition) is 5. The number of ether oxygens (including phenoxy) is 1. The van der Waals surface area contributed by atoms with Gasteiger partial charge in [-0.3, -0.25) is 9.69 Å². The van der Waals surface area contributed by atoms with Crippen molar-refractivity contribution in [3.8, 4) is 0 Å². The van der Waals surface area contributed by atoms with E-state index < -0.39 is 35.1 Å². The first kappa shape index (κ1) is 31.9. The van der Waals surface area contributed by atoms with E-state index in [1.807, 2.05) is 4.90 Å². The zero-order valence-electron chi connectivity index (χ0n) is 24.2. The predicted molar refractivity (Wildman–Crippen MR) is 162 cm³/mol. The molecule has 3 atom stereocenters. The average molecular weight is 619 g/mol. The molecule has 3 aromatic carbocycles. The van der Waals surface area contributed by atoms with Gasteiger partial charge in [0.2, 0.25) is 5.91 Å². The van der Waals surface area contributed by atoms with E-state index in [2.05, 4.69) is 31.4 Å². The number of hydrogen-bond donors (Lipinski definition) is 2. The molecule has 42 heavy (non-hydrogen) atoms. The van der Waals surface area contributed by atoms with Gasteiger partial charge in [0.15, 0.2) is 0 Å². The van der Waals surface area contributed by atoms with Crippen molar-refractivity contribution in [3.63, 3.8) is 0 Å². The standard InChI is InChI=1S/C32H35Cl2F2N3O3/c1-31(2,3)16-27-32(37-4,23-14-11-20(33)15-26(23)35)24(22-7-6-8-25(34)29(22)36)17-39(27)18-28(40)38-21-12-9-19(10-13-21)30(41)42-5/h6-15,24,27,37H,16-18H2,1-5H3,(H,38,40)/t24-,27+,32+/m1/s1. The number of carbonyl (C=O) groups is 2. The molecular weight excluding hydrogens is 583 g/mol. The number of esters is 1.